The molecule has 5 nitrogen and oxygen atoms in total. The molecule has 3 aromatic heterocycles. The lowest BCUT2D eigenvalue weighted by Gasteiger charge is -2.40. The van der Waals surface area contributed by atoms with Gasteiger partial charge in [0.1, 0.15) is 5.82 Å². The van der Waals surface area contributed by atoms with Crippen molar-refractivity contribution in [3.05, 3.63) is 59.6 Å². The zero-order chi connectivity index (χ0) is 20.0. The smallest absolute Gasteiger partial charge is 0.132 e. The number of nitrogens with one attached hydrogen (secondary N) is 1. The Morgan fingerprint density at radius 3 is 2.79 bits per heavy atom. The summed E-state index contributed by atoms with van der Waals surface area (Å²) in [4.78, 5) is 11.7. The second kappa shape index (κ2) is 7.12. The lowest BCUT2D eigenvalue weighted by Crippen LogP contribution is -2.46. The van der Waals surface area contributed by atoms with Gasteiger partial charge in [0.15, 0.2) is 0 Å². The van der Waals surface area contributed by atoms with Crippen LogP contribution in [0.1, 0.15) is 13.3 Å². The van der Waals surface area contributed by atoms with E-state index >= 15 is 0 Å². The monoisotopic (exact) mass is 407 g/mol. The lowest BCUT2D eigenvalue weighted by atomic mass is 9.97. The summed E-state index contributed by atoms with van der Waals surface area (Å²) in [5, 5.41) is 7.46. The van der Waals surface area contributed by atoms with Gasteiger partial charge in [-0.3, -0.25) is 10.1 Å². The molecule has 4 aromatic rings. The van der Waals surface area contributed by atoms with E-state index in [-0.39, 0.29) is 5.82 Å². The van der Waals surface area contributed by atoms with Crippen molar-refractivity contribution in [1.82, 2.24) is 20.2 Å². The van der Waals surface area contributed by atoms with E-state index in [1.807, 2.05) is 18.3 Å². The van der Waals surface area contributed by atoms with Crippen LogP contribution in [0, 0.1) is 11.7 Å². The number of aromatic nitrogens is 4. The van der Waals surface area contributed by atoms with Gasteiger partial charge in [-0.1, -0.05) is 18.5 Å². The van der Waals surface area contributed by atoms with E-state index < -0.39 is 0 Å². The van der Waals surface area contributed by atoms with Gasteiger partial charge in [0.2, 0.25) is 0 Å². The molecule has 0 saturated carbocycles. The fourth-order valence-corrected chi connectivity index (χ4v) is 3.90. The number of pyridine rings is 2. The number of aromatic amines is 1. The van der Waals surface area contributed by atoms with Crippen molar-refractivity contribution >= 4 is 28.3 Å². The van der Waals surface area contributed by atoms with Crippen LogP contribution < -0.4 is 4.90 Å². The highest BCUT2D eigenvalue weighted by Gasteiger charge is 2.25. The van der Waals surface area contributed by atoms with Crippen molar-refractivity contribution in [2.75, 3.05) is 18.0 Å². The zero-order valence-corrected chi connectivity index (χ0v) is 16.6. The van der Waals surface area contributed by atoms with Gasteiger partial charge in [-0.05, 0) is 48.7 Å². The van der Waals surface area contributed by atoms with Gasteiger partial charge in [0.05, 0.1) is 40.5 Å². The number of H-pyrrole nitrogens is 1. The Bertz CT molecular complexity index is 1200. The van der Waals surface area contributed by atoms with Crippen molar-refractivity contribution in [3.8, 4) is 22.5 Å². The summed E-state index contributed by atoms with van der Waals surface area (Å²) in [5.41, 5.74) is 5.05. The fraction of sp³-hybridized carbons (Fsp3) is 0.227. The fourth-order valence-electron chi connectivity index (χ4n) is 3.73. The molecule has 29 heavy (non-hydrogen) atoms. The Labute approximate surface area is 172 Å². The maximum absolute atomic E-state index is 14.4. The van der Waals surface area contributed by atoms with E-state index in [0.29, 0.717) is 27.5 Å². The molecule has 7 heteroatoms. The average molecular weight is 408 g/mol. The third-order valence-corrected chi connectivity index (χ3v) is 5.77. The van der Waals surface area contributed by atoms with E-state index in [1.54, 1.807) is 12.3 Å². The number of rotatable bonds is 4. The Kier molecular flexibility index (Phi) is 4.43. The third kappa shape index (κ3) is 3.23. The highest BCUT2D eigenvalue weighted by molar-refractivity contribution is 6.30. The number of hydrogen-bond donors (Lipinski definition) is 1. The molecule has 1 N–H and O–H groups in total. The zero-order valence-electron chi connectivity index (χ0n) is 15.9. The highest BCUT2D eigenvalue weighted by atomic mass is 35.5. The molecule has 0 spiro atoms. The summed E-state index contributed by atoms with van der Waals surface area (Å²) in [6, 6.07) is 10.3. The van der Waals surface area contributed by atoms with Gasteiger partial charge in [0.25, 0.3) is 0 Å². The van der Waals surface area contributed by atoms with Gasteiger partial charge < -0.3 is 4.90 Å². The Hall–Kier alpha value is -2.99. The maximum atomic E-state index is 14.4. The molecule has 0 radical (unpaired) electrons. The summed E-state index contributed by atoms with van der Waals surface area (Å²) in [6.07, 6.45) is 4.76. The molecular weight excluding hydrogens is 389 g/mol. The van der Waals surface area contributed by atoms with E-state index in [9.17, 15) is 4.39 Å². The topological polar surface area (TPSA) is 57.7 Å². The van der Waals surface area contributed by atoms with Crippen LogP contribution in [0.25, 0.3) is 33.5 Å². The number of fused-ring (bicyclic) bond motifs is 1. The minimum absolute atomic E-state index is 0.366. The summed E-state index contributed by atoms with van der Waals surface area (Å²) >= 11 is 6.07. The number of benzene rings is 1. The predicted molar refractivity (Wildman–Crippen MR) is 114 cm³/mol. The molecule has 0 bridgehead atoms. The summed E-state index contributed by atoms with van der Waals surface area (Å²) in [6.45, 7) is 4.34. The van der Waals surface area contributed by atoms with Crippen LogP contribution in [0.4, 0.5) is 10.1 Å². The van der Waals surface area contributed by atoms with E-state index in [0.717, 1.165) is 35.7 Å². The normalized spacial score (nSPS) is 14.4. The van der Waals surface area contributed by atoms with E-state index in [1.165, 1.54) is 18.6 Å². The van der Waals surface area contributed by atoms with Crippen LogP contribution in [0.5, 0.6) is 0 Å². The molecule has 0 atom stereocenters. The molecule has 0 aliphatic carbocycles. The van der Waals surface area contributed by atoms with Gasteiger partial charge in [0, 0.05) is 29.2 Å². The van der Waals surface area contributed by atoms with Crippen LogP contribution >= 0.6 is 11.6 Å². The Morgan fingerprint density at radius 2 is 1.97 bits per heavy atom. The molecule has 4 heterocycles. The largest absolute Gasteiger partial charge is 0.370 e. The number of anilines is 1. The Morgan fingerprint density at radius 1 is 1.10 bits per heavy atom. The van der Waals surface area contributed by atoms with Gasteiger partial charge >= 0.3 is 0 Å². The first-order valence-corrected chi connectivity index (χ1v) is 10.0. The van der Waals surface area contributed by atoms with Crippen LogP contribution in [0.3, 0.4) is 0 Å². The SMILES string of the molecule is CCC1CN(c2cnc3ccc(-c4cn[nH]c4-c4cc(Cl)ccc4F)nc3c2)C1. The number of halogens is 2. The second-order valence-corrected chi connectivity index (χ2v) is 7.83. The van der Waals surface area contributed by atoms with Crippen molar-refractivity contribution in [3.63, 3.8) is 0 Å². The first-order chi connectivity index (χ1) is 14.1. The molecule has 146 valence electrons. The lowest BCUT2D eigenvalue weighted by molar-refractivity contribution is 0.398. The van der Waals surface area contributed by atoms with Crippen LogP contribution in [-0.4, -0.2) is 33.3 Å². The van der Waals surface area contributed by atoms with E-state index in [4.69, 9.17) is 16.6 Å². The molecule has 1 aromatic carbocycles. The van der Waals surface area contributed by atoms with E-state index in [2.05, 4.69) is 33.1 Å². The van der Waals surface area contributed by atoms with Crippen LogP contribution in [0.15, 0.2) is 48.8 Å². The third-order valence-electron chi connectivity index (χ3n) is 5.54. The predicted octanol–water partition coefficient (Wildman–Crippen LogP) is 5.33. The molecule has 1 aliphatic rings. The molecule has 5 rings (SSSR count). The molecule has 1 fully saturated rings. The van der Waals surface area contributed by atoms with Gasteiger partial charge in [-0.15, -0.1) is 0 Å². The van der Waals surface area contributed by atoms with Crippen LogP contribution in [0.2, 0.25) is 5.02 Å². The summed E-state index contributed by atoms with van der Waals surface area (Å²) in [7, 11) is 0. The van der Waals surface area contributed by atoms with Crippen molar-refractivity contribution in [1.29, 1.82) is 0 Å². The average Bonchev–Trinajstić information content (AvgIpc) is 3.18. The van der Waals surface area contributed by atoms with Crippen LogP contribution in [-0.2, 0) is 0 Å². The minimum atomic E-state index is -0.368. The molecule has 1 saturated heterocycles. The minimum Gasteiger partial charge on any atom is -0.370 e. The van der Waals surface area contributed by atoms with Gasteiger partial charge in [-0.2, -0.15) is 5.10 Å². The van der Waals surface area contributed by atoms with Crippen molar-refractivity contribution in [2.24, 2.45) is 5.92 Å². The van der Waals surface area contributed by atoms with Crippen molar-refractivity contribution < 1.29 is 4.39 Å². The van der Waals surface area contributed by atoms with Crippen molar-refractivity contribution in [2.45, 2.75) is 13.3 Å². The molecule has 0 unspecified atom stereocenters. The Balaban J connectivity index is 1.55. The quantitative estimate of drug-likeness (QED) is 0.497. The maximum Gasteiger partial charge on any atom is 0.132 e. The first kappa shape index (κ1) is 18.1. The standard InChI is InChI=1S/C22H19ClFN5/c1-2-13-11-29(12-13)15-8-21-20(25-9-15)6-5-19(27-21)17-10-26-28-22(17)16-7-14(23)3-4-18(16)24/h3-10,13H,2,11-12H2,1H3,(H,26,28). The summed E-state index contributed by atoms with van der Waals surface area (Å²) < 4.78 is 14.4. The number of nitrogens with zero attached hydrogens (tertiary/aromatic N) is 4. The molecule has 0 amide bonds. The summed E-state index contributed by atoms with van der Waals surface area (Å²) in [5.74, 6) is 0.388. The highest BCUT2D eigenvalue weighted by Crippen LogP contribution is 2.33. The van der Waals surface area contributed by atoms with Gasteiger partial charge in [-0.25, -0.2) is 9.37 Å². The molecule has 1 aliphatic heterocycles. The second-order valence-electron chi connectivity index (χ2n) is 7.39. The molecular formula is C22H19ClFN5. The number of hydrogen-bond acceptors (Lipinski definition) is 4. The first-order valence-electron chi connectivity index (χ1n) is 9.63.